The summed E-state index contributed by atoms with van der Waals surface area (Å²) < 4.78 is 5.28. The lowest BCUT2D eigenvalue weighted by Gasteiger charge is -2.22. The van der Waals surface area contributed by atoms with E-state index < -0.39 is 5.60 Å². The van der Waals surface area contributed by atoms with Crippen LogP contribution in [0.5, 0.6) is 0 Å². The highest BCUT2D eigenvalue weighted by atomic mass is 32.1. The van der Waals surface area contributed by atoms with Crippen molar-refractivity contribution < 1.29 is 9.52 Å². The van der Waals surface area contributed by atoms with Crippen LogP contribution in [0.3, 0.4) is 0 Å². The van der Waals surface area contributed by atoms with E-state index in [0.29, 0.717) is 24.8 Å². The molecule has 0 aliphatic heterocycles. The maximum atomic E-state index is 10.5. The fraction of sp³-hybridized carbons (Fsp3) is 0.500. The molecule has 0 fully saturated rings. The Labute approximate surface area is 140 Å². The van der Waals surface area contributed by atoms with Gasteiger partial charge in [-0.3, -0.25) is 0 Å². The van der Waals surface area contributed by atoms with E-state index in [9.17, 15) is 5.11 Å². The number of nitrogens with zero attached hydrogens (tertiary/aromatic N) is 2. The van der Waals surface area contributed by atoms with Crippen LogP contribution in [0.25, 0.3) is 0 Å². The molecule has 0 aliphatic carbocycles. The largest absolute Gasteiger partial charge is 0.466 e. The molecule has 0 radical (unpaired) electrons. The Morgan fingerprint density at radius 1 is 1.43 bits per heavy atom. The van der Waals surface area contributed by atoms with Crippen molar-refractivity contribution in [1.82, 2.24) is 15.6 Å². The number of thiazole rings is 1. The van der Waals surface area contributed by atoms with Gasteiger partial charge in [0.05, 0.1) is 30.1 Å². The minimum Gasteiger partial charge on any atom is -0.466 e. The van der Waals surface area contributed by atoms with E-state index >= 15 is 0 Å². The molecule has 3 N–H and O–H groups in total. The maximum Gasteiger partial charge on any atom is 0.191 e. The van der Waals surface area contributed by atoms with Crippen molar-refractivity contribution in [2.75, 3.05) is 13.1 Å². The third kappa shape index (κ3) is 4.80. The van der Waals surface area contributed by atoms with Gasteiger partial charge in [0, 0.05) is 11.4 Å². The number of furan rings is 1. The van der Waals surface area contributed by atoms with Gasteiger partial charge >= 0.3 is 0 Å². The molecule has 0 saturated carbocycles. The highest BCUT2D eigenvalue weighted by Crippen LogP contribution is 2.20. The molecular weight excluding hydrogens is 312 g/mol. The van der Waals surface area contributed by atoms with Gasteiger partial charge in [-0.1, -0.05) is 0 Å². The number of hydrogen-bond donors (Lipinski definition) is 3. The quantitative estimate of drug-likeness (QED) is 0.557. The van der Waals surface area contributed by atoms with E-state index in [0.717, 1.165) is 22.1 Å². The van der Waals surface area contributed by atoms with Gasteiger partial charge in [-0.15, -0.1) is 11.3 Å². The monoisotopic (exact) mass is 336 g/mol. The van der Waals surface area contributed by atoms with E-state index in [1.807, 2.05) is 20.8 Å². The summed E-state index contributed by atoms with van der Waals surface area (Å²) in [5, 5.41) is 17.9. The zero-order chi connectivity index (χ0) is 16.9. The van der Waals surface area contributed by atoms with Crippen LogP contribution in [0, 0.1) is 13.8 Å². The lowest BCUT2D eigenvalue weighted by molar-refractivity contribution is 0.0386. The summed E-state index contributed by atoms with van der Waals surface area (Å²) in [6, 6.07) is 3.52. The highest BCUT2D eigenvalue weighted by molar-refractivity contribution is 7.11. The van der Waals surface area contributed by atoms with Crippen LogP contribution in [-0.4, -0.2) is 29.1 Å². The Balaban J connectivity index is 2.00. The number of rotatable bonds is 6. The van der Waals surface area contributed by atoms with Gasteiger partial charge in [0.1, 0.15) is 11.4 Å². The lowest BCUT2D eigenvalue weighted by Crippen LogP contribution is -2.44. The molecule has 2 aromatic rings. The van der Waals surface area contributed by atoms with Crippen molar-refractivity contribution in [3.8, 4) is 0 Å². The summed E-state index contributed by atoms with van der Waals surface area (Å²) in [7, 11) is 0. The molecule has 23 heavy (non-hydrogen) atoms. The predicted octanol–water partition coefficient (Wildman–Crippen LogP) is 2.32. The number of nitrogens with one attached hydrogen (secondary N) is 2. The Kier molecular flexibility index (Phi) is 5.79. The standard InChI is InChI=1S/C16H24N4O2S/c1-5-17-15(18-9-13-11(2)20-12(3)23-13)19-10-16(4,21)14-7-6-8-22-14/h6-8,21H,5,9-10H2,1-4H3,(H2,17,18,19). The van der Waals surface area contributed by atoms with Gasteiger partial charge in [-0.05, 0) is 39.8 Å². The predicted molar refractivity (Wildman–Crippen MR) is 92.7 cm³/mol. The molecule has 126 valence electrons. The van der Waals surface area contributed by atoms with E-state index in [1.165, 1.54) is 0 Å². The van der Waals surface area contributed by atoms with Gasteiger partial charge in [0.15, 0.2) is 5.96 Å². The van der Waals surface area contributed by atoms with Crippen LogP contribution in [0.2, 0.25) is 0 Å². The van der Waals surface area contributed by atoms with Crippen LogP contribution >= 0.6 is 11.3 Å². The Hall–Kier alpha value is -1.86. The second-order valence-electron chi connectivity index (χ2n) is 5.54. The average molecular weight is 336 g/mol. The van der Waals surface area contributed by atoms with Crippen molar-refractivity contribution in [2.24, 2.45) is 4.99 Å². The first kappa shape index (κ1) is 17.5. The molecule has 0 bridgehead atoms. The SMILES string of the molecule is CCNC(=NCc1sc(C)nc1C)NCC(C)(O)c1ccco1. The maximum absolute atomic E-state index is 10.5. The van der Waals surface area contributed by atoms with Crippen molar-refractivity contribution in [3.05, 3.63) is 39.7 Å². The fourth-order valence-corrected chi connectivity index (χ4v) is 3.00. The summed E-state index contributed by atoms with van der Waals surface area (Å²) in [4.78, 5) is 10.1. The molecule has 0 spiro atoms. The third-order valence-electron chi connectivity index (χ3n) is 3.38. The Morgan fingerprint density at radius 2 is 2.22 bits per heavy atom. The smallest absolute Gasteiger partial charge is 0.191 e. The average Bonchev–Trinajstić information content (AvgIpc) is 3.12. The van der Waals surface area contributed by atoms with Crippen LogP contribution in [0.1, 0.15) is 35.2 Å². The number of aryl methyl sites for hydroxylation is 2. The van der Waals surface area contributed by atoms with Gasteiger partial charge in [-0.25, -0.2) is 9.98 Å². The van der Waals surface area contributed by atoms with E-state index in [2.05, 4.69) is 20.6 Å². The Morgan fingerprint density at radius 3 is 2.78 bits per heavy atom. The van der Waals surface area contributed by atoms with E-state index in [-0.39, 0.29) is 0 Å². The molecule has 0 saturated heterocycles. The van der Waals surface area contributed by atoms with Gasteiger partial charge in [0.25, 0.3) is 0 Å². The first-order valence-electron chi connectivity index (χ1n) is 7.64. The highest BCUT2D eigenvalue weighted by Gasteiger charge is 2.26. The van der Waals surface area contributed by atoms with E-state index in [4.69, 9.17) is 4.42 Å². The van der Waals surface area contributed by atoms with Gasteiger partial charge in [0.2, 0.25) is 0 Å². The fourth-order valence-electron chi connectivity index (χ4n) is 2.14. The summed E-state index contributed by atoms with van der Waals surface area (Å²) in [6.45, 7) is 9.31. The lowest BCUT2D eigenvalue weighted by atomic mass is 10.0. The molecule has 2 aromatic heterocycles. The van der Waals surface area contributed by atoms with Crippen LogP contribution in [0.4, 0.5) is 0 Å². The topological polar surface area (TPSA) is 82.7 Å². The Bertz CT molecular complexity index is 647. The molecule has 2 rings (SSSR count). The van der Waals surface area contributed by atoms with Crippen molar-refractivity contribution >= 4 is 17.3 Å². The summed E-state index contributed by atoms with van der Waals surface area (Å²) in [5.74, 6) is 1.18. The second kappa shape index (κ2) is 7.61. The molecule has 0 aliphatic rings. The molecule has 1 atom stereocenters. The number of aliphatic imine (C=N–C) groups is 1. The molecular formula is C16H24N4O2S. The summed E-state index contributed by atoms with van der Waals surface area (Å²) >= 11 is 1.66. The van der Waals surface area contributed by atoms with Crippen molar-refractivity contribution in [3.63, 3.8) is 0 Å². The second-order valence-corrected chi connectivity index (χ2v) is 6.83. The number of guanidine groups is 1. The minimum atomic E-state index is -1.10. The molecule has 6 nitrogen and oxygen atoms in total. The first-order valence-corrected chi connectivity index (χ1v) is 8.45. The van der Waals surface area contributed by atoms with Crippen molar-refractivity contribution in [1.29, 1.82) is 0 Å². The molecule has 7 heteroatoms. The third-order valence-corrected chi connectivity index (χ3v) is 4.43. The zero-order valence-corrected chi connectivity index (χ0v) is 14.8. The minimum absolute atomic E-state index is 0.299. The van der Waals surface area contributed by atoms with Crippen LogP contribution in [-0.2, 0) is 12.1 Å². The molecule has 1 unspecified atom stereocenters. The first-order chi connectivity index (χ1) is 10.9. The van der Waals surface area contributed by atoms with Crippen LogP contribution < -0.4 is 10.6 Å². The normalized spacial score (nSPS) is 14.6. The molecule has 2 heterocycles. The summed E-state index contributed by atoms with van der Waals surface area (Å²) in [6.07, 6.45) is 1.55. The summed E-state index contributed by atoms with van der Waals surface area (Å²) in [5.41, 5.74) is -0.0777. The van der Waals surface area contributed by atoms with E-state index in [1.54, 1.807) is 36.7 Å². The van der Waals surface area contributed by atoms with Gasteiger partial charge in [-0.2, -0.15) is 0 Å². The van der Waals surface area contributed by atoms with Gasteiger partial charge < -0.3 is 20.2 Å². The number of aromatic nitrogens is 1. The van der Waals surface area contributed by atoms with Crippen LogP contribution in [0.15, 0.2) is 27.8 Å². The number of aliphatic hydroxyl groups is 1. The number of hydrogen-bond acceptors (Lipinski definition) is 5. The van der Waals surface area contributed by atoms with Crippen molar-refractivity contribution in [2.45, 2.75) is 39.8 Å². The molecule has 0 amide bonds. The zero-order valence-electron chi connectivity index (χ0n) is 14.0. The molecule has 0 aromatic carbocycles.